The van der Waals surface area contributed by atoms with E-state index in [1.165, 1.54) is 12.1 Å². The zero-order valence-electron chi connectivity index (χ0n) is 8.93. The molecule has 0 heterocycles. The van der Waals surface area contributed by atoms with Crippen LogP contribution >= 0.6 is 15.9 Å². The van der Waals surface area contributed by atoms with Crippen molar-refractivity contribution < 1.29 is 4.39 Å². The van der Waals surface area contributed by atoms with Gasteiger partial charge < -0.3 is 5.32 Å². The average Bonchev–Trinajstić information content (AvgIpc) is 2.14. The van der Waals surface area contributed by atoms with Gasteiger partial charge in [0.1, 0.15) is 5.82 Å². The van der Waals surface area contributed by atoms with E-state index in [2.05, 4.69) is 35.1 Å². The Hall–Kier alpha value is -0.670. The third kappa shape index (κ3) is 4.58. The lowest BCUT2D eigenvalue weighted by molar-refractivity contribution is 0.627. The van der Waals surface area contributed by atoms with Crippen LogP contribution in [-0.4, -0.2) is 12.6 Å². The van der Waals surface area contributed by atoms with Crippen molar-refractivity contribution in [2.75, 3.05) is 6.54 Å². The van der Waals surface area contributed by atoms with Gasteiger partial charge in [0.15, 0.2) is 0 Å². The van der Waals surface area contributed by atoms with E-state index in [-0.39, 0.29) is 5.82 Å². The fraction of sp³-hybridized carbons (Fsp3) is 0.333. The molecular formula is C12H15BrFN. The molecule has 0 spiro atoms. The van der Waals surface area contributed by atoms with Gasteiger partial charge in [0.25, 0.3) is 0 Å². The Balaban J connectivity index is 2.57. The first kappa shape index (κ1) is 12.4. The Bertz CT molecular complexity index is 347. The standard InChI is InChI=1S/C12H15BrFN/c1-9(2)15-7-3-4-10-5-6-11(14)8-12(10)13/h3-6,8-9,15H,7H2,1-2H3/b4-3+. The molecule has 0 aliphatic carbocycles. The van der Waals surface area contributed by atoms with E-state index in [0.29, 0.717) is 6.04 Å². The molecule has 0 atom stereocenters. The molecule has 82 valence electrons. The van der Waals surface area contributed by atoms with Crippen LogP contribution in [0.1, 0.15) is 19.4 Å². The number of rotatable bonds is 4. The van der Waals surface area contributed by atoms with Gasteiger partial charge in [-0.2, -0.15) is 0 Å². The second-order valence-electron chi connectivity index (χ2n) is 3.63. The van der Waals surface area contributed by atoms with E-state index in [1.54, 1.807) is 6.07 Å². The lowest BCUT2D eigenvalue weighted by atomic mass is 10.2. The summed E-state index contributed by atoms with van der Waals surface area (Å²) in [5, 5.41) is 3.27. The summed E-state index contributed by atoms with van der Waals surface area (Å²) in [6.45, 7) is 5.02. The van der Waals surface area contributed by atoms with Gasteiger partial charge in [0.2, 0.25) is 0 Å². The summed E-state index contributed by atoms with van der Waals surface area (Å²) in [4.78, 5) is 0. The van der Waals surface area contributed by atoms with Crippen LogP contribution in [0.2, 0.25) is 0 Å². The molecule has 0 saturated heterocycles. The smallest absolute Gasteiger partial charge is 0.124 e. The summed E-state index contributed by atoms with van der Waals surface area (Å²) in [6, 6.07) is 5.16. The summed E-state index contributed by atoms with van der Waals surface area (Å²) in [7, 11) is 0. The van der Waals surface area contributed by atoms with Gasteiger partial charge >= 0.3 is 0 Å². The molecule has 0 aliphatic heterocycles. The van der Waals surface area contributed by atoms with Crippen molar-refractivity contribution in [1.29, 1.82) is 0 Å². The molecule has 0 aliphatic rings. The molecule has 1 rings (SSSR count). The molecule has 0 aromatic heterocycles. The number of benzene rings is 1. The van der Waals surface area contributed by atoms with Gasteiger partial charge in [-0.25, -0.2) is 4.39 Å². The maximum atomic E-state index is 12.8. The third-order valence-corrected chi connectivity index (χ3v) is 2.59. The van der Waals surface area contributed by atoms with Gasteiger partial charge in [0.05, 0.1) is 0 Å². The summed E-state index contributed by atoms with van der Waals surface area (Å²) in [5.74, 6) is -0.223. The number of nitrogens with one attached hydrogen (secondary N) is 1. The fourth-order valence-electron chi connectivity index (χ4n) is 1.13. The highest BCUT2D eigenvalue weighted by atomic mass is 79.9. The Kier molecular flexibility index (Phi) is 4.99. The minimum absolute atomic E-state index is 0.223. The van der Waals surface area contributed by atoms with Crippen molar-refractivity contribution in [3.05, 3.63) is 40.1 Å². The molecule has 0 fully saturated rings. The maximum Gasteiger partial charge on any atom is 0.124 e. The van der Waals surface area contributed by atoms with Crippen LogP contribution in [0, 0.1) is 5.82 Å². The van der Waals surface area contributed by atoms with E-state index >= 15 is 0 Å². The molecule has 0 bridgehead atoms. The molecule has 1 N–H and O–H groups in total. The Labute approximate surface area is 98.5 Å². The largest absolute Gasteiger partial charge is 0.311 e. The number of hydrogen-bond acceptors (Lipinski definition) is 1. The minimum Gasteiger partial charge on any atom is -0.311 e. The Morgan fingerprint density at radius 3 is 2.80 bits per heavy atom. The second kappa shape index (κ2) is 6.03. The average molecular weight is 272 g/mol. The van der Waals surface area contributed by atoms with Gasteiger partial charge in [0, 0.05) is 17.1 Å². The lowest BCUT2D eigenvalue weighted by Gasteiger charge is -2.03. The van der Waals surface area contributed by atoms with Crippen LogP contribution < -0.4 is 5.32 Å². The van der Waals surface area contributed by atoms with Crippen LogP contribution in [0.5, 0.6) is 0 Å². The molecule has 0 amide bonds. The molecule has 3 heteroatoms. The van der Waals surface area contributed by atoms with Crippen molar-refractivity contribution in [3.63, 3.8) is 0 Å². The minimum atomic E-state index is -0.223. The topological polar surface area (TPSA) is 12.0 Å². The van der Waals surface area contributed by atoms with Crippen LogP contribution in [0.25, 0.3) is 6.08 Å². The second-order valence-corrected chi connectivity index (χ2v) is 4.49. The lowest BCUT2D eigenvalue weighted by Crippen LogP contribution is -2.22. The predicted molar refractivity (Wildman–Crippen MR) is 66.3 cm³/mol. The predicted octanol–water partition coefficient (Wildman–Crippen LogP) is 3.60. The third-order valence-electron chi connectivity index (χ3n) is 1.90. The summed E-state index contributed by atoms with van der Waals surface area (Å²) in [6.07, 6.45) is 4.00. The normalized spacial score (nSPS) is 11.5. The monoisotopic (exact) mass is 271 g/mol. The Morgan fingerprint density at radius 2 is 2.20 bits per heavy atom. The molecule has 0 unspecified atom stereocenters. The highest BCUT2D eigenvalue weighted by Crippen LogP contribution is 2.18. The molecule has 0 radical (unpaired) electrons. The summed E-state index contributed by atoms with van der Waals surface area (Å²) in [5.41, 5.74) is 0.988. The molecule has 1 aromatic rings. The first-order valence-electron chi connectivity index (χ1n) is 4.94. The van der Waals surface area contributed by atoms with Crippen molar-refractivity contribution in [1.82, 2.24) is 5.32 Å². The van der Waals surface area contributed by atoms with E-state index in [1.807, 2.05) is 12.2 Å². The highest BCUT2D eigenvalue weighted by molar-refractivity contribution is 9.10. The van der Waals surface area contributed by atoms with E-state index in [4.69, 9.17) is 0 Å². The molecule has 1 nitrogen and oxygen atoms in total. The molecule has 15 heavy (non-hydrogen) atoms. The summed E-state index contributed by atoms with van der Waals surface area (Å²) < 4.78 is 13.6. The van der Waals surface area contributed by atoms with Crippen molar-refractivity contribution in [2.24, 2.45) is 0 Å². The molecule has 0 saturated carbocycles. The summed E-state index contributed by atoms with van der Waals surface area (Å²) >= 11 is 3.32. The molecular weight excluding hydrogens is 257 g/mol. The van der Waals surface area contributed by atoms with Gasteiger partial charge in [-0.3, -0.25) is 0 Å². The first-order chi connectivity index (χ1) is 7.09. The quantitative estimate of drug-likeness (QED) is 0.883. The number of halogens is 2. The van der Waals surface area contributed by atoms with E-state index in [0.717, 1.165) is 16.6 Å². The molecule has 1 aromatic carbocycles. The van der Waals surface area contributed by atoms with E-state index < -0.39 is 0 Å². The van der Waals surface area contributed by atoms with Crippen molar-refractivity contribution >= 4 is 22.0 Å². The van der Waals surface area contributed by atoms with Crippen LogP contribution in [-0.2, 0) is 0 Å². The Morgan fingerprint density at radius 1 is 1.47 bits per heavy atom. The van der Waals surface area contributed by atoms with Gasteiger partial charge in [-0.05, 0) is 17.7 Å². The van der Waals surface area contributed by atoms with Gasteiger partial charge in [-0.15, -0.1) is 0 Å². The van der Waals surface area contributed by atoms with Gasteiger partial charge in [-0.1, -0.05) is 48.0 Å². The fourth-order valence-corrected chi connectivity index (χ4v) is 1.61. The maximum absolute atomic E-state index is 12.8. The van der Waals surface area contributed by atoms with E-state index in [9.17, 15) is 4.39 Å². The van der Waals surface area contributed by atoms with Crippen molar-refractivity contribution in [2.45, 2.75) is 19.9 Å². The van der Waals surface area contributed by atoms with Crippen molar-refractivity contribution in [3.8, 4) is 0 Å². The SMILES string of the molecule is CC(C)NC/C=C/c1ccc(F)cc1Br. The number of hydrogen-bond donors (Lipinski definition) is 1. The zero-order valence-corrected chi connectivity index (χ0v) is 10.5. The van der Waals surface area contributed by atoms with Crippen LogP contribution in [0.3, 0.4) is 0 Å². The van der Waals surface area contributed by atoms with Crippen LogP contribution in [0.4, 0.5) is 4.39 Å². The van der Waals surface area contributed by atoms with Crippen LogP contribution in [0.15, 0.2) is 28.7 Å². The zero-order chi connectivity index (χ0) is 11.3. The highest BCUT2D eigenvalue weighted by Gasteiger charge is 1.97. The first-order valence-corrected chi connectivity index (χ1v) is 5.74.